The highest BCUT2D eigenvalue weighted by molar-refractivity contribution is 5.94. The molecule has 1 atom stereocenters. The first-order valence-electron chi connectivity index (χ1n) is 9.28. The maximum Gasteiger partial charge on any atom is 0.317 e. The summed E-state index contributed by atoms with van der Waals surface area (Å²) in [6.45, 7) is 6.16. The van der Waals surface area contributed by atoms with Crippen LogP contribution in [0.3, 0.4) is 0 Å². The van der Waals surface area contributed by atoms with Crippen molar-refractivity contribution in [2.45, 2.75) is 26.3 Å². The normalized spacial score (nSPS) is 23.1. The first-order valence-corrected chi connectivity index (χ1v) is 9.28. The van der Waals surface area contributed by atoms with Crippen LogP contribution in [-0.4, -0.2) is 83.3 Å². The summed E-state index contributed by atoms with van der Waals surface area (Å²) >= 11 is 0. The van der Waals surface area contributed by atoms with Crippen LogP contribution < -0.4 is 5.32 Å². The zero-order valence-corrected chi connectivity index (χ0v) is 16.1. The second-order valence-corrected chi connectivity index (χ2v) is 7.91. The molecule has 2 aliphatic heterocycles. The molecule has 0 aliphatic carbocycles. The van der Waals surface area contributed by atoms with Gasteiger partial charge >= 0.3 is 6.03 Å². The standard InChI is InChI=1S/C19H27N5O3/c1-14(2)21-18(27)24-9-8-23(17(26)15-4-6-20-7-5-15)12-19(13-24)10-16(25)22(3)11-19/h4-7,14H,8-13H2,1-3H3,(H,21,27). The van der Waals surface area contributed by atoms with Gasteiger partial charge in [0, 0.05) is 75.6 Å². The van der Waals surface area contributed by atoms with Crippen molar-refractivity contribution in [2.24, 2.45) is 5.41 Å². The Balaban J connectivity index is 1.85. The van der Waals surface area contributed by atoms with Crippen LogP contribution >= 0.6 is 0 Å². The molecule has 4 amide bonds. The van der Waals surface area contributed by atoms with Crippen molar-refractivity contribution >= 4 is 17.8 Å². The molecule has 1 N–H and O–H groups in total. The Labute approximate surface area is 159 Å². The highest BCUT2D eigenvalue weighted by atomic mass is 16.2. The Morgan fingerprint density at radius 1 is 1.11 bits per heavy atom. The fraction of sp³-hybridized carbons (Fsp3) is 0.579. The number of aromatic nitrogens is 1. The van der Waals surface area contributed by atoms with Gasteiger partial charge in [-0.1, -0.05) is 0 Å². The maximum atomic E-state index is 13.0. The lowest BCUT2D eigenvalue weighted by Gasteiger charge is -2.33. The van der Waals surface area contributed by atoms with E-state index < -0.39 is 5.41 Å². The molecule has 1 aromatic heterocycles. The van der Waals surface area contributed by atoms with Crippen LogP contribution in [0.5, 0.6) is 0 Å². The molecule has 0 aromatic carbocycles. The second-order valence-electron chi connectivity index (χ2n) is 7.91. The van der Waals surface area contributed by atoms with E-state index in [1.54, 1.807) is 46.3 Å². The molecule has 3 rings (SSSR count). The van der Waals surface area contributed by atoms with E-state index >= 15 is 0 Å². The Morgan fingerprint density at radius 3 is 2.33 bits per heavy atom. The number of hydrogen-bond donors (Lipinski definition) is 1. The molecule has 1 aromatic rings. The summed E-state index contributed by atoms with van der Waals surface area (Å²) in [6, 6.07) is 3.26. The van der Waals surface area contributed by atoms with Crippen LogP contribution in [0, 0.1) is 5.41 Å². The van der Waals surface area contributed by atoms with Crippen molar-refractivity contribution in [3.8, 4) is 0 Å². The van der Waals surface area contributed by atoms with E-state index in [1.165, 1.54) is 0 Å². The monoisotopic (exact) mass is 373 g/mol. The van der Waals surface area contributed by atoms with Gasteiger partial charge in [0.15, 0.2) is 0 Å². The Morgan fingerprint density at radius 2 is 1.74 bits per heavy atom. The van der Waals surface area contributed by atoms with E-state index in [0.717, 1.165) is 0 Å². The summed E-state index contributed by atoms with van der Waals surface area (Å²) in [6.07, 6.45) is 3.53. The molecule has 27 heavy (non-hydrogen) atoms. The van der Waals surface area contributed by atoms with Crippen molar-refractivity contribution in [3.63, 3.8) is 0 Å². The van der Waals surface area contributed by atoms with Crippen LogP contribution in [0.15, 0.2) is 24.5 Å². The molecule has 1 spiro atoms. The minimum Gasteiger partial charge on any atom is -0.345 e. The molecule has 3 heterocycles. The summed E-state index contributed by atoms with van der Waals surface area (Å²) in [5.74, 6) is -0.0395. The first-order chi connectivity index (χ1) is 12.8. The lowest BCUT2D eigenvalue weighted by molar-refractivity contribution is -0.126. The Bertz CT molecular complexity index is 723. The number of carbonyl (C=O) groups is 3. The first kappa shape index (κ1) is 19.1. The summed E-state index contributed by atoms with van der Waals surface area (Å²) in [5.41, 5.74) is 0.122. The van der Waals surface area contributed by atoms with E-state index in [2.05, 4.69) is 10.3 Å². The maximum absolute atomic E-state index is 13.0. The van der Waals surface area contributed by atoms with Crippen LogP contribution in [-0.2, 0) is 4.79 Å². The summed E-state index contributed by atoms with van der Waals surface area (Å²) in [7, 11) is 1.77. The fourth-order valence-electron chi connectivity index (χ4n) is 3.94. The van der Waals surface area contributed by atoms with E-state index in [1.807, 2.05) is 13.8 Å². The molecule has 146 valence electrons. The van der Waals surface area contributed by atoms with Gasteiger partial charge in [-0.2, -0.15) is 0 Å². The van der Waals surface area contributed by atoms with E-state index in [4.69, 9.17) is 0 Å². The molecule has 8 heteroatoms. The molecule has 0 saturated carbocycles. The lowest BCUT2D eigenvalue weighted by Crippen LogP contribution is -2.49. The summed E-state index contributed by atoms with van der Waals surface area (Å²) in [5, 5.41) is 2.92. The number of pyridine rings is 1. The van der Waals surface area contributed by atoms with E-state index in [0.29, 0.717) is 44.7 Å². The molecule has 0 bridgehead atoms. The predicted octanol–water partition coefficient (Wildman–Crippen LogP) is 0.806. The van der Waals surface area contributed by atoms with Gasteiger partial charge in [-0.05, 0) is 26.0 Å². The van der Waals surface area contributed by atoms with Gasteiger partial charge in [0.25, 0.3) is 5.91 Å². The number of nitrogens with zero attached hydrogens (tertiary/aromatic N) is 4. The van der Waals surface area contributed by atoms with Gasteiger partial charge in [-0.3, -0.25) is 14.6 Å². The molecule has 2 saturated heterocycles. The minimum atomic E-state index is -0.445. The second kappa shape index (κ2) is 7.54. The molecule has 8 nitrogen and oxygen atoms in total. The van der Waals surface area contributed by atoms with Gasteiger partial charge in [-0.25, -0.2) is 4.79 Å². The fourth-order valence-corrected chi connectivity index (χ4v) is 3.94. The zero-order valence-electron chi connectivity index (χ0n) is 16.1. The lowest BCUT2D eigenvalue weighted by atomic mass is 9.86. The average molecular weight is 373 g/mol. The molecule has 2 fully saturated rings. The predicted molar refractivity (Wildman–Crippen MR) is 100 cm³/mol. The third-order valence-corrected chi connectivity index (χ3v) is 5.13. The third kappa shape index (κ3) is 4.20. The average Bonchev–Trinajstić information content (AvgIpc) is 2.79. The zero-order chi connectivity index (χ0) is 19.6. The van der Waals surface area contributed by atoms with Crippen molar-refractivity contribution < 1.29 is 14.4 Å². The van der Waals surface area contributed by atoms with Gasteiger partial charge in [0.05, 0.1) is 0 Å². The number of urea groups is 1. The van der Waals surface area contributed by atoms with Crippen molar-refractivity contribution in [1.82, 2.24) is 25.0 Å². The third-order valence-electron chi connectivity index (χ3n) is 5.13. The smallest absolute Gasteiger partial charge is 0.317 e. The number of hydrogen-bond acceptors (Lipinski definition) is 4. The topological polar surface area (TPSA) is 85.9 Å². The van der Waals surface area contributed by atoms with Crippen LogP contribution in [0.4, 0.5) is 4.79 Å². The van der Waals surface area contributed by atoms with Crippen molar-refractivity contribution in [2.75, 3.05) is 39.8 Å². The highest BCUT2D eigenvalue weighted by Crippen LogP contribution is 2.34. The number of amides is 4. The molecular formula is C19H27N5O3. The minimum absolute atomic E-state index is 0.0270. The quantitative estimate of drug-likeness (QED) is 0.831. The van der Waals surface area contributed by atoms with Gasteiger partial charge in [-0.15, -0.1) is 0 Å². The van der Waals surface area contributed by atoms with E-state index in [9.17, 15) is 14.4 Å². The van der Waals surface area contributed by atoms with E-state index in [-0.39, 0.29) is 23.9 Å². The molecule has 2 aliphatic rings. The highest BCUT2D eigenvalue weighted by Gasteiger charge is 2.47. The van der Waals surface area contributed by atoms with Crippen molar-refractivity contribution in [1.29, 1.82) is 0 Å². The SMILES string of the molecule is CC(C)NC(=O)N1CCN(C(=O)c2ccncc2)CC2(CC(=O)N(C)C2)C1. The van der Waals surface area contributed by atoms with Crippen LogP contribution in [0.25, 0.3) is 0 Å². The van der Waals surface area contributed by atoms with Gasteiger partial charge in [0.2, 0.25) is 5.91 Å². The molecular weight excluding hydrogens is 346 g/mol. The van der Waals surface area contributed by atoms with Crippen molar-refractivity contribution in [3.05, 3.63) is 30.1 Å². The molecule has 1 unspecified atom stereocenters. The summed E-state index contributed by atoms with van der Waals surface area (Å²) in [4.78, 5) is 47.0. The van der Waals surface area contributed by atoms with Gasteiger partial charge in [0.1, 0.15) is 0 Å². The number of likely N-dealkylation sites (tertiary alicyclic amines) is 1. The van der Waals surface area contributed by atoms with Crippen LogP contribution in [0.2, 0.25) is 0 Å². The van der Waals surface area contributed by atoms with Gasteiger partial charge < -0.3 is 20.0 Å². The summed E-state index contributed by atoms with van der Waals surface area (Å²) < 4.78 is 0. The van der Waals surface area contributed by atoms with Crippen LogP contribution in [0.1, 0.15) is 30.6 Å². The number of rotatable bonds is 2. The number of carbonyl (C=O) groups excluding carboxylic acids is 3. The molecule has 0 radical (unpaired) electrons. The largest absolute Gasteiger partial charge is 0.345 e. The number of nitrogens with one attached hydrogen (secondary N) is 1. The Kier molecular flexibility index (Phi) is 5.34. The Hall–Kier alpha value is -2.64.